The van der Waals surface area contributed by atoms with Crippen molar-refractivity contribution in [2.45, 2.75) is 6.42 Å². The molecule has 1 unspecified atom stereocenters. The first-order valence-corrected chi connectivity index (χ1v) is 5.59. The van der Waals surface area contributed by atoms with Crippen molar-refractivity contribution in [2.24, 2.45) is 5.92 Å². The van der Waals surface area contributed by atoms with Gasteiger partial charge in [-0.2, -0.15) is 0 Å². The predicted molar refractivity (Wildman–Crippen MR) is 64.3 cm³/mol. The Balaban J connectivity index is 2.03. The van der Waals surface area contributed by atoms with Crippen molar-refractivity contribution >= 4 is 11.6 Å². The van der Waals surface area contributed by atoms with Crippen LogP contribution in [0.3, 0.4) is 0 Å². The van der Waals surface area contributed by atoms with Crippen molar-refractivity contribution in [2.75, 3.05) is 25.5 Å². The van der Waals surface area contributed by atoms with Crippen LogP contribution in [0.25, 0.3) is 0 Å². The Morgan fingerprint density at radius 3 is 3.00 bits per heavy atom. The lowest BCUT2D eigenvalue weighted by Gasteiger charge is -2.11. The third-order valence-electron chi connectivity index (χ3n) is 2.88. The number of carbonyl (C=O) groups is 1. The van der Waals surface area contributed by atoms with Crippen LogP contribution in [0.1, 0.15) is 6.42 Å². The highest BCUT2D eigenvalue weighted by molar-refractivity contribution is 5.93. The summed E-state index contributed by atoms with van der Waals surface area (Å²) in [6, 6.07) is 4.82. The van der Waals surface area contributed by atoms with E-state index >= 15 is 0 Å². The number of hydrogen-bond acceptors (Lipinski definition) is 4. The standard InChI is InChI=1S/C12H16N2O3/c1-17-11-3-2-9(6-10(11)15)14-12(16)8-4-5-13-7-8/h2-3,6,8,13,15H,4-5,7H2,1H3,(H,14,16). The SMILES string of the molecule is COc1ccc(NC(=O)C2CCNC2)cc1O. The zero-order chi connectivity index (χ0) is 12.3. The molecule has 5 heteroatoms. The second-order valence-corrected chi connectivity index (χ2v) is 4.07. The number of hydrogen-bond donors (Lipinski definition) is 3. The Bertz CT molecular complexity index is 414. The van der Waals surface area contributed by atoms with Gasteiger partial charge in [-0.3, -0.25) is 4.79 Å². The maximum absolute atomic E-state index is 11.8. The van der Waals surface area contributed by atoms with E-state index < -0.39 is 0 Å². The van der Waals surface area contributed by atoms with Gasteiger partial charge in [0.25, 0.3) is 0 Å². The van der Waals surface area contributed by atoms with E-state index in [0.29, 0.717) is 18.0 Å². The van der Waals surface area contributed by atoms with Crippen molar-refractivity contribution in [3.05, 3.63) is 18.2 Å². The fraction of sp³-hybridized carbons (Fsp3) is 0.417. The summed E-state index contributed by atoms with van der Waals surface area (Å²) in [5.74, 6) is 0.416. The molecule has 1 fully saturated rings. The number of benzene rings is 1. The van der Waals surface area contributed by atoms with Crippen molar-refractivity contribution in [1.82, 2.24) is 5.32 Å². The summed E-state index contributed by atoms with van der Waals surface area (Å²) in [4.78, 5) is 11.8. The maximum atomic E-state index is 11.8. The number of carbonyl (C=O) groups excluding carboxylic acids is 1. The number of phenolic OH excluding ortho intramolecular Hbond substituents is 1. The Hall–Kier alpha value is -1.75. The number of aromatic hydroxyl groups is 1. The van der Waals surface area contributed by atoms with Gasteiger partial charge in [-0.1, -0.05) is 0 Å². The average molecular weight is 236 g/mol. The van der Waals surface area contributed by atoms with Crippen LogP contribution in [-0.2, 0) is 4.79 Å². The zero-order valence-corrected chi connectivity index (χ0v) is 9.69. The van der Waals surface area contributed by atoms with Gasteiger partial charge in [-0.05, 0) is 25.1 Å². The minimum absolute atomic E-state index is 0.0132. The van der Waals surface area contributed by atoms with E-state index in [1.807, 2.05) is 0 Å². The molecule has 0 spiro atoms. The lowest BCUT2D eigenvalue weighted by atomic mass is 10.1. The highest BCUT2D eigenvalue weighted by atomic mass is 16.5. The monoisotopic (exact) mass is 236 g/mol. The van der Waals surface area contributed by atoms with E-state index in [9.17, 15) is 9.90 Å². The molecule has 5 nitrogen and oxygen atoms in total. The first kappa shape index (κ1) is 11.7. The lowest BCUT2D eigenvalue weighted by Crippen LogP contribution is -2.24. The van der Waals surface area contributed by atoms with E-state index in [1.54, 1.807) is 12.1 Å². The Kier molecular flexibility index (Phi) is 3.49. The van der Waals surface area contributed by atoms with Gasteiger partial charge >= 0.3 is 0 Å². The van der Waals surface area contributed by atoms with Crippen molar-refractivity contribution in [3.8, 4) is 11.5 Å². The topological polar surface area (TPSA) is 70.6 Å². The molecule has 1 aromatic rings. The largest absolute Gasteiger partial charge is 0.504 e. The maximum Gasteiger partial charge on any atom is 0.228 e. The van der Waals surface area contributed by atoms with Crippen LogP contribution in [0.15, 0.2) is 18.2 Å². The van der Waals surface area contributed by atoms with Crippen LogP contribution < -0.4 is 15.4 Å². The van der Waals surface area contributed by atoms with Gasteiger partial charge in [0.15, 0.2) is 11.5 Å². The molecule has 0 bridgehead atoms. The van der Waals surface area contributed by atoms with Crippen LogP contribution in [0, 0.1) is 5.92 Å². The Morgan fingerprint density at radius 2 is 2.41 bits per heavy atom. The molecule has 2 rings (SSSR count). The molecular weight excluding hydrogens is 220 g/mol. The number of rotatable bonds is 3. The highest BCUT2D eigenvalue weighted by Crippen LogP contribution is 2.28. The van der Waals surface area contributed by atoms with Gasteiger partial charge in [0, 0.05) is 18.3 Å². The van der Waals surface area contributed by atoms with E-state index in [2.05, 4.69) is 10.6 Å². The molecule has 0 aromatic heterocycles. The summed E-state index contributed by atoms with van der Waals surface area (Å²) in [7, 11) is 1.48. The summed E-state index contributed by atoms with van der Waals surface area (Å²) in [5.41, 5.74) is 0.584. The van der Waals surface area contributed by atoms with Gasteiger partial charge in [0.05, 0.1) is 13.0 Å². The van der Waals surface area contributed by atoms with Crippen LogP contribution in [0.4, 0.5) is 5.69 Å². The summed E-state index contributed by atoms with van der Waals surface area (Å²) >= 11 is 0. The fourth-order valence-electron chi connectivity index (χ4n) is 1.89. The van der Waals surface area contributed by atoms with Gasteiger partial charge in [-0.15, -0.1) is 0 Å². The number of anilines is 1. The third-order valence-corrected chi connectivity index (χ3v) is 2.88. The molecule has 1 heterocycles. The molecule has 1 amide bonds. The molecular formula is C12H16N2O3. The number of amides is 1. The molecule has 1 atom stereocenters. The molecule has 0 aliphatic carbocycles. The molecule has 1 aromatic carbocycles. The highest BCUT2D eigenvalue weighted by Gasteiger charge is 2.22. The Labute approximate surface area is 99.8 Å². The molecule has 1 saturated heterocycles. The fourth-order valence-corrected chi connectivity index (χ4v) is 1.89. The zero-order valence-electron chi connectivity index (χ0n) is 9.69. The van der Waals surface area contributed by atoms with E-state index in [-0.39, 0.29) is 17.6 Å². The van der Waals surface area contributed by atoms with Crippen LogP contribution >= 0.6 is 0 Å². The molecule has 1 aliphatic rings. The van der Waals surface area contributed by atoms with E-state index in [0.717, 1.165) is 13.0 Å². The molecule has 3 N–H and O–H groups in total. The van der Waals surface area contributed by atoms with Crippen LogP contribution in [-0.4, -0.2) is 31.2 Å². The molecule has 1 aliphatic heterocycles. The first-order chi connectivity index (χ1) is 8.20. The molecule has 0 saturated carbocycles. The summed E-state index contributed by atoms with van der Waals surface area (Å²) in [5, 5.41) is 15.5. The normalized spacial score (nSPS) is 19.0. The van der Waals surface area contributed by atoms with Crippen molar-refractivity contribution in [3.63, 3.8) is 0 Å². The number of methoxy groups -OCH3 is 1. The number of phenols is 1. The number of ether oxygens (including phenoxy) is 1. The summed E-state index contributed by atoms with van der Waals surface area (Å²) in [6.07, 6.45) is 0.855. The van der Waals surface area contributed by atoms with Gasteiger partial charge in [0.2, 0.25) is 5.91 Å². The van der Waals surface area contributed by atoms with Gasteiger partial charge in [0.1, 0.15) is 0 Å². The van der Waals surface area contributed by atoms with Crippen molar-refractivity contribution < 1.29 is 14.6 Å². The minimum Gasteiger partial charge on any atom is -0.504 e. The van der Waals surface area contributed by atoms with E-state index in [4.69, 9.17) is 4.74 Å². The van der Waals surface area contributed by atoms with Gasteiger partial charge < -0.3 is 20.5 Å². The lowest BCUT2D eigenvalue weighted by molar-refractivity contribution is -0.119. The predicted octanol–water partition coefficient (Wildman–Crippen LogP) is 0.949. The first-order valence-electron chi connectivity index (χ1n) is 5.59. The second-order valence-electron chi connectivity index (χ2n) is 4.07. The van der Waals surface area contributed by atoms with Crippen molar-refractivity contribution in [1.29, 1.82) is 0 Å². The van der Waals surface area contributed by atoms with Crippen LogP contribution in [0.2, 0.25) is 0 Å². The summed E-state index contributed by atoms with van der Waals surface area (Å²) in [6.45, 7) is 1.60. The minimum atomic E-state index is -0.0143. The molecule has 17 heavy (non-hydrogen) atoms. The van der Waals surface area contributed by atoms with Gasteiger partial charge in [-0.25, -0.2) is 0 Å². The third kappa shape index (κ3) is 2.68. The Morgan fingerprint density at radius 1 is 1.59 bits per heavy atom. The average Bonchev–Trinajstić information content (AvgIpc) is 2.82. The quantitative estimate of drug-likeness (QED) is 0.730. The molecule has 92 valence electrons. The molecule has 0 radical (unpaired) electrons. The number of nitrogens with one attached hydrogen (secondary N) is 2. The van der Waals surface area contributed by atoms with Crippen LogP contribution in [0.5, 0.6) is 11.5 Å². The smallest absolute Gasteiger partial charge is 0.228 e. The van der Waals surface area contributed by atoms with E-state index in [1.165, 1.54) is 13.2 Å². The summed E-state index contributed by atoms with van der Waals surface area (Å²) < 4.78 is 4.93. The second kappa shape index (κ2) is 5.05.